The van der Waals surface area contributed by atoms with Gasteiger partial charge < -0.3 is 15.3 Å². The summed E-state index contributed by atoms with van der Waals surface area (Å²) >= 11 is 1.60. The Kier molecular flexibility index (Phi) is 9.51. The summed E-state index contributed by atoms with van der Waals surface area (Å²) in [6.07, 6.45) is 1.71. The fourth-order valence-corrected chi connectivity index (χ4v) is 6.95. The zero-order chi connectivity index (χ0) is 30.9. The molecule has 2 N–H and O–H groups in total. The molecular weight excluding hydrogens is 563 g/mol. The van der Waals surface area contributed by atoms with E-state index in [1.807, 2.05) is 57.5 Å². The molecule has 0 unspecified atom stereocenters. The molecule has 226 valence electrons. The molecular formula is C33H45N3O4SSi. The normalized spacial score (nSPS) is 20.4. The summed E-state index contributed by atoms with van der Waals surface area (Å²) < 4.78 is 0. The van der Waals surface area contributed by atoms with Gasteiger partial charge in [0.1, 0.15) is 19.9 Å². The van der Waals surface area contributed by atoms with Gasteiger partial charge in [-0.2, -0.15) is 0 Å². The number of amides is 2. The van der Waals surface area contributed by atoms with E-state index in [4.69, 9.17) is 0 Å². The number of carbonyl (C=O) groups is 3. The summed E-state index contributed by atoms with van der Waals surface area (Å²) in [4.78, 5) is 47.8. The third kappa shape index (κ3) is 7.77. The Morgan fingerprint density at radius 1 is 1.19 bits per heavy atom. The van der Waals surface area contributed by atoms with E-state index in [1.54, 1.807) is 11.3 Å². The van der Waals surface area contributed by atoms with Crippen molar-refractivity contribution in [3.63, 3.8) is 0 Å². The van der Waals surface area contributed by atoms with Crippen molar-refractivity contribution in [3.8, 4) is 21.9 Å². The van der Waals surface area contributed by atoms with Gasteiger partial charge in [0.2, 0.25) is 11.8 Å². The van der Waals surface area contributed by atoms with Crippen molar-refractivity contribution in [2.24, 2.45) is 16.7 Å². The molecule has 1 saturated carbocycles. The van der Waals surface area contributed by atoms with Crippen molar-refractivity contribution in [1.29, 1.82) is 0 Å². The summed E-state index contributed by atoms with van der Waals surface area (Å²) in [5, 5.41) is 13.5. The highest BCUT2D eigenvalue weighted by atomic mass is 32.1. The maximum atomic E-state index is 14.0. The van der Waals surface area contributed by atoms with Crippen LogP contribution in [0.1, 0.15) is 64.1 Å². The molecule has 2 amide bonds. The van der Waals surface area contributed by atoms with Crippen LogP contribution in [0, 0.1) is 35.1 Å². The minimum Gasteiger partial charge on any atom is -0.391 e. The van der Waals surface area contributed by atoms with Crippen LogP contribution in [-0.4, -0.2) is 59.4 Å². The molecule has 7 nitrogen and oxygen atoms in total. The first-order valence-corrected chi connectivity index (χ1v) is 19.3. The van der Waals surface area contributed by atoms with Crippen LogP contribution in [0.15, 0.2) is 29.8 Å². The lowest BCUT2D eigenvalue weighted by Crippen LogP contribution is -2.50. The second-order valence-electron chi connectivity index (χ2n) is 14.1. The molecule has 4 rings (SSSR count). The van der Waals surface area contributed by atoms with Crippen LogP contribution in [0.5, 0.6) is 0 Å². The molecule has 9 heteroatoms. The molecule has 1 aromatic carbocycles. The number of aromatic nitrogens is 1. The Balaban J connectivity index is 1.42. The number of β-amino-alcohol motifs (C(OH)–C–C–N with tert-alkyl or cyclic N) is 1. The van der Waals surface area contributed by atoms with Gasteiger partial charge >= 0.3 is 0 Å². The average molecular weight is 608 g/mol. The van der Waals surface area contributed by atoms with E-state index in [-0.39, 0.29) is 37.0 Å². The van der Waals surface area contributed by atoms with Crippen molar-refractivity contribution in [1.82, 2.24) is 15.2 Å². The number of hydrogen-bond donors (Lipinski definition) is 2. The van der Waals surface area contributed by atoms with E-state index in [0.29, 0.717) is 13.0 Å². The maximum Gasteiger partial charge on any atom is 0.243 e. The van der Waals surface area contributed by atoms with E-state index in [1.165, 1.54) is 4.90 Å². The van der Waals surface area contributed by atoms with E-state index in [9.17, 15) is 19.5 Å². The minimum absolute atomic E-state index is 0.0907. The molecule has 0 spiro atoms. The number of likely N-dealkylation sites (tertiary alicyclic amines) is 1. The number of ketones is 1. The smallest absolute Gasteiger partial charge is 0.243 e. The molecule has 2 fully saturated rings. The molecule has 0 radical (unpaired) electrons. The van der Waals surface area contributed by atoms with Gasteiger partial charge in [-0.3, -0.25) is 14.4 Å². The number of rotatable bonds is 9. The Morgan fingerprint density at radius 2 is 1.86 bits per heavy atom. The first-order valence-electron chi connectivity index (χ1n) is 14.9. The third-order valence-electron chi connectivity index (χ3n) is 8.36. The molecule has 1 saturated heterocycles. The molecule has 1 aliphatic carbocycles. The quantitative estimate of drug-likeness (QED) is 0.295. The monoisotopic (exact) mass is 607 g/mol. The fourth-order valence-electron chi connectivity index (χ4n) is 5.52. The van der Waals surface area contributed by atoms with E-state index in [2.05, 4.69) is 41.4 Å². The zero-order valence-electron chi connectivity index (χ0n) is 26.0. The number of thiazole rings is 1. The lowest BCUT2D eigenvalue weighted by atomic mass is 9.74. The molecule has 2 aromatic rings. The Hall–Kier alpha value is -2.80. The van der Waals surface area contributed by atoms with E-state index in [0.717, 1.165) is 34.5 Å². The van der Waals surface area contributed by atoms with Gasteiger partial charge in [0.25, 0.3) is 0 Å². The standard InChI is InChI=1S/C33H45N3O4SSi/c1-22-29(41-21-35-22)24-11-9-23(10-12-24)19-34-30(39)27-17-25(37)20-36(27)31(40)26(32(2,3)4)18-28(38)33(14-15-33)13-8-16-42(5,6)7/h9-12,21,25-27,37H,13-15,17-20H2,1-7H3,(H,34,39)/t25-,26-,27+/m1/s1. The van der Waals surface area contributed by atoms with Gasteiger partial charge in [0.15, 0.2) is 0 Å². The predicted octanol–water partition coefficient (Wildman–Crippen LogP) is 5.37. The van der Waals surface area contributed by atoms with Crippen LogP contribution in [0.3, 0.4) is 0 Å². The number of aliphatic hydroxyl groups excluding tert-OH is 1. The van der Waals surface area contributed by atoms with Gasteiger partial charge in [0.05, 0.1) is 22.2 Å². The van der Waals surface area contributed by atoms with Crippen LogP contribution < -0.4 is 5.32 Å². The third-order valence-corrected chi connectivity index (χ3v) is 10.3. The van der Waals surface area contributed by atoms with Crippen LogP contribution in [0.25, 0.3) is 10.4 Å². The van der Waals surface area contributed by atoms with Gasteiger partial charge in [0, 0.05) is 43.7 Å². The summed E-state index contributed by atoms with van der Waals surface area (Å²) in [6.45, 7) is 14.8. The molecule has 2 aliphatic rings. The SMILES string of the molecule is Cc1ncsc1-c1ccc(CNC(=O)[C@@H]2C[C@@H](O)CN2C(=O)[C@@H](CC(=O)C2(CC#C[Si](C)(C)C)CC2)C(C)(C)C)cc1. The summed E-state index contributed by atoms with van der Waals surface area (Å²) in [5.41, 5.74) is 7.29. The summed E-state index contributed by atoms with van der Waals surface area (Å²) in [7, 11) is -1.53. The van der Waals surface area contributed by atoms with E-state index < -0.39 is 37.0 Å². The van der Waals surface area contributed by atoms with Gasteiger partial charge in [-0.1, -0.05) is 64.7 Å². The molecule has 3 atom stereocenters. The highest BCUT2D eigenvalue weighted by Gasteiger charge is 2.51. The lowest BCUT2D eigenvalue weighted by Gasteiger charge is -2.35. The Labute approximate surface area is 255 Å². The molecule has 0 bridgehead atoms. The predicted molar refractivity (Wildman–Crippen MR) is 170 cm³/mol. The van der Waals surface area contributed by atoms with Gasteiger partial charge in [-0.15, -0.1) is 22.8 Å². The van der Waals surface area contributed by atoms with E-state index >= 15 is 0 Å². The van der Waals surface area contributed by atoms with Crippen molar-refractivity contribution < 1.29 is 19.5 Å². The number of hydrogen-bond acceptors (Lipinski definition) is 6. The number of nitrogens with zero attached hydrogens (tertiary/aromatic N) is 2. The number of Topliss-reactive ketones (excluding diaryl/α,β-unsaturated/α-hetero) is 1. The van der Waals surface area contributed by atoms with Gasteiger partial charge in [-0.05, 0) is 36.3 Å². The first kappa shape index (κ1) is 32.1. The molecule has 1 aliphatic heterocycles. The number of carbonyl (C=O) groups excluding carboxylic acids is 3. The first-order chi connectivity index (χ1) is 19.6. The second kappa shape index (κ2) is 12.4. The summed E-state index contributed by atoms with van der Waals surface area (Å²) in [6, 6.07) is 7.22. The fraction of sp³-hybridized carbons (Fsp3) is 0.576. The van der Waals surface area contributed by atoms with Crippen LogP contribution >= 0.6 is 11.3 Å². The largest absolute Gasteiger partial charge is 0.391 e. The maximum absolute atomic E-state index is 14.0. The van der Waals surface area contributed by atoms with Crippen molar-refractivity contribution in [3.05, 3.63) is 41.0 Å². The Morgan fingerprint density at radius 3 is 2.40 bits per heavy atom. The Bertz CT molecular complexity index is 1370. The topological polar surface area (TPSA) is 99.6 Å². The highest BCUT2D eigenvalue weighted by molar-refractivity contribution is 7.13. The van der Waals surface area contributed by atoms with Crippen LogP contribution in [0.4, 0.5) is 0 Å². The molecule has 42 heavy (non-hydrogen) atoms. The second-order valence-corrected chi connectivity index (χ2v) is 19.7. The molecule has 1 aromatic heterocycles. The number of benzene rings is 1. The minimum atomic E-state index is -1.53. The highest BCUT2D eigenvalue weighted by Crippen LogP contribution is 2.51. The number of aryl methyl sites for hydroxylation is 1. The lowest BCUT2D eigenvalue weighted by molar-refractivity contribution is -0.147. The van der Waals surface area contributed by atoms with Crippen molar-refractivity contribution in [2.75, 3.05) is 6.54 Å². The average Bonchev–Trinajstić information content (AvgIpc) is 3.40. The van der Waals surface area contributed by atoms with Crippen molar-refractivity contribution in [2.45, 2.75) is 98.1 Å². The van der Waals surface area contributed by atoms with Gasteiger partial charge in [-0.25, -0.2) is 4.98 Å². The van der Waals surface area contributed by atoms with Crippen LogP contribution in [0.2, 0.25) is 19.6 Å². The molecule has 2 heterocycles. The zero-order valence-corrected chi connectivity index (χ0v) is 27.9. The number of nitrogens with one attached hydrogen (secondary N) is 1. The van der Waals surface area contributed by atoms with Crippen LogP contribution in [-0.2, 0) is 20.9 Å². The summed E-state index contributed by atoms with van der Waals surface area (Å²) in [5.74, 6) is 2.26. The van der Waals surface area contributed by atoms with Crippen molar-refractivity contribution >= 4 is 37.0 Å². The number of aliphatic hydroxyl groups is 1.